The smallest absolute Gasteiger partial charge is 0.329 e. The van der Waals surface area contributed by atoms with Crippen LogP contribution in [0.3, 0.4) is 0 Å². The molecule has 1 N–H and O–H groups in total. The van der Waals surface area contributed by atoms with Crippen LogP contribution in [0, 0.1) is 6.92 Å². The third-order valence-electron chi connectivity index (χ3n) is 2.51. The highest BCUT2D eigenvalue weighted by Crippen LogP contribution is 2.16. The standard InChI is InChI=1S/C10H14N2O4/c1-6-5-7(16-11-6)8(13)12(4)10(2,3)9(14)15/h5H,1-4H3,(H,14,15). The first-order chi connectivity index (χ1) is 7.26. The minimum Gasteiger partial charge on any atom is -0.480 e. The van der Waals surface area contributed by atoms with Gasteiger partial charge in [-0.25, -0.2) is 4.79 Å². The van der Waals surface area contributed by atoms with Gasteiger partial charge in [-0.3, -0.25) is 4.79 Å². The number of likely N-dealkylation sites (N-methyl/N-ethyl adjacent to an activating group) is 1. The number of carboxylic acids is 1. The monoisotopic (exact) mass is 226 g/mol. The largest absolute Gasteiger partial charge is 0.480 e. The predicted molar refractivity (Wildman–Crippen MR) is 55.0 cm³/mol. The summed E-state index contributed by atoms with van der Waals surface area (Å²) in [6, 6.07) is 1.47. The van der Waals surface area contributed by atoms with Crippen LogP contribution < -0.4 is 0 Å². The Kier molecular flexibility index (Phi) is 3.02. The average molecular weight is 226 g/mol. The van der Waals surface area contributed by atoms with Crippen molar-refractivity contribution in [2.24, 2.45) is 0 Å². The topological polar surface area (TPSA) is 83.6 Å². The van der Waals surface area contributed by atoms with Crippen molar-refractivity contribution in [2.45, 2.75) is 26.3 Å². The molecule has 1 aromatic heterocycles. The zero-order valence-electron chi connectivity index (χ0n) is 9.64. The van der Waals surface area contributed by atoms with Gasteiger partial charge in [0.1, 0.15) is 5.54 Å². The summed E-state index contributed by atoms with van der Waals surface area (Å²) >= 11 is 0. The number of aliphatic carboxylic acids is 1. The highest BCUT2D eigenvalue weighted by Gasteiger charge is 2.36. The number of rotatable bonds is 3. The zero-order valence-corrected chi connectivity index (χ0v) is 9.64. The number of carbonyl (C=O) groups excluding carboxylic acids is 1. The molecule has 88 valence electrons. The lowest BCUT2D eigenvalue weighted by Crippen LogP contribution is -2.50. The molecule has 1 heterocycles. The predicted octanol–water partition coefficient (Wildman–Crippen LogP) is 0.918. The van der Waals surface area contributed by atoms with Gasteiger partial charge in [0.2, 0.25) is 5.76 Å². The van der Waals surface area contributed by atoms with Crippen LogP contribution in [-0.2, 0) is 4.79 Å². The van der Waals surface area contributed by atoms with E-state index in [-0.39, 0.29) is 5.76 Å². The zero-order chi connectivity index (χ0) is 12.5. The molecule has 1 amide bonds. The molecule has 0 spiro atoms. The SMILES string of the molecule is Cc1cc(C(=O)N(C)C(C)(C)C(=O)O)on1. The molecule has 6 nitrogen and oxygen atoms in total. The lowest BCUT2D eigenvalue weighted by molar-refractivity contribution is -0.147. The Balaban J connectivity index is 2.95. The van der Waals surface area contributed by atoms with Gasteiger partial charge in [0.15, 0.2) is 0 Å². The molecule has 0 fully saturated rings. The van der Waals surface area contributed by atoms with Gasteiger partial charge in [-0.15, -0.1) is 0 Å². The second kappa shape index (κ2) is 3.96. The summed E-state index contributed by atoms with van der Waals surface area (Å²) in [6.07, 6.45) is 0. The molecule has 0 saturated heterocycles. The normalized spacial score (nSPS) is 11.2. The third kappa shape index (κ3) is 2.05. The summed E-state index contributed by atoms with van der Waals surface area (Å²) < 4.78 is 4.79. The summed E-state index contributed by atoms with van der Waals surface area (Å²) in [5, 5.41) is 12.5. The molecule has 0 atom stereocenters. The minimum atomic E-state index is -1.29. The van der Waals surface area contributed by atoms with E-state index in [9.17, 15) is 9.59 Å². The van der Waals surface area contributed by atoms with E-state index < -0.39 is 17.4 Å². The lowest BCUT2D eigenvalue weighted by Gasteiger charge is -2.30. The van der Waals surface area contributed by atoms with Crippen LogP contribution in [0.15, 0.2) is 10.6 Å². The minimum absolute atomic E-state index is 0.0364. The van der Waals surface area contributed by atoms with Crippen LogP contribution in [0.4, 0.5) is 0 Å². The fourth-order valence-corrected chi connectivity index (χ4v) is 1.03. The van der Waals surface area contributed by atoms with Gasteiger partial charge < -0.3 is 14.5 Å². The lowest BCUT2D eigenvalue weighted by atomic mass is 10.0. The molecule has 0 unspecified atom stereocenters. The van der Waals surface area contributed by atoms with Crippen molar-refractivity contribution in [2.75, 3.05) is 7.05 Å². The molecule has 0 aliphatic carbocycles. The summed E-state index contributed by atoms with van der Waals surface area (Å²) in [5.74, 6) is -1.55. The number of hydrogen-bond donors (Lipinski definition) is 1. The van der Waals surface area contributed by atoms with Gasteiger partial charge in [0.05, 0.1) is 5.69 Å². The Hall–Kier alpha value is -1.85. The first-order valence-electron chi connectivity index (χ1n) is 4.71. The van der Waals surface area contributed by atoms with Gasteiger partial charge >= 0.3 is 5.97 Å². The Labute approximate surface area is 92.8 Å². The van der Waals surface area contributed by atoms with Crippen LogP contribution in [-0.4, -0.2) is 39.6 Å². The number of carboxylic acid groups (broad SMARTS) is 1. The summed E-state index contributed by atoms with van der Waals surface area (Å²) in [6.45, 7) is 4.57. The molecule has 0 aliphatic heterocycles. The summed E-state index contributed by atoms with van der Waals surface area (Å²) in [5.41, 5.74) is -0.720. The number of aryl methyl sites for hydroxylation is 1. The van der Waals surface area contributed by atoms with Crippen LogP contribution in [0.5, 0.6) is 0 Å². The molecule has 0 bridgehead atoms. The molecule has 6 heteroatoms. The Bertz CT molecular complexity index is 422. The number of carbonyl (C=O) groups is 2. The van der Waals surface area contributed by atoms with E-state index in [0.717, 1.165) is 4.90 Å². The van der Waals surface area contributed by atoms with E-state index in [1.54, 1.807) is 6.92 Å². The Morgan fingerprint density at radius 1 is 1.50 bits per heavy atom. The van der Waals surface area contributed by atoms with Gasteiger partial charge in [-0.05, 0) is 20.8 Å². The first-order valence-corrected chi connectivity index (χ1v) is 4.71. The van der Waals surface area contributed by atoms with E-state index in [1.165, 1.54) is 27.0 Å². The maximum atomic E-state index is 11.8. The number of aromatic nitrogens is 1. The molecule has 1 aromatic rings. The second-order valence-corrected chi connectivity index (χ2v) is 4.06. The van der Waals surface area contributed by atoms with Crippen molar-refractivity contribution in [1.29, 1.82) is 0 Å². The Morgan fingerprint density at radius 2 is 2.06 bits per heavy atom. The Morgan fingerprint density at radius 3 is 2.44 bits per heavy atom. The van der Waals surface area contributed by atoms with E-state index in [0.29, 0.717) is 5.69 Å². The quantitative estimate of drug-likeness (QED) is 0.828. The van der Waals surface area contributed by atoms with E-state index >= 15 is 0 Å². The van der Waals surface area contributed by atoms with Crippen molar-refractivity contribution in [3.8, 4) is 0 Å². The molecule has 16 heavy (non-hydrogen) atoms. The average Bonchev–Trinajstić information content (AvgIpc) is 2.62. The molecule has 1 rings (SSSR count). The van der Waals surface area contributed by atoms with Crippen LogP contribution in [0.25, 0.3) is 0 Å². The maximum absolute atomic E-state index is 11.8. The van der Waals surface area contributed by atoms with Gasteiger partial charge in [-0.2, -0.15) is 0 Å². The number of nitrogens with zero attached hydrogens (tertiary/aromatic N) is 2. The molecule has 0 aliphatic rings. The molecule has 0 aromatic carbocycles. The van der Waals surface area contributed by atoms with E-state index in [2.05, 4.69) is 5.16 Å². The van der Waals surface area contributed by atoms with Crippen LogP contribution in [0.1, 0.15) is 30.1 Å². The number of hydrogen-bond acceptors (Lipinski definition) is 4. The molecular formula is C10H14N2O4. The maximum Gasteiger partial charge on any atom is 0.329 e. The van der Waals surface area contributed by atoms with E-state index in [1.807, 2.05) is 0 Å². The van der Waals surface area contributed by atoms with E-state index in [4.69, 9.17) is 9.63 Å². The molecular weight excluding hydrogens is 212 g/mol. The molecule has 0 saturated carbocycles. The molecule has 0 radical (unpaired) electrons. The van der Waals surface area contributed by atoms with Gasteiger partial charge in [-0.1, -0.05) is 5.16 Å². The fourth-order valence-electron chi connectivity index (χ4n) is 1.03. The van der Waals surface area contributed by atoms with Crippen molar-refractivity contribution < 1.29 is 19.2 Å². The van der Waals surface area contributed by atoms with Crippen LogP contribution in [0.2, 0.25) is 0 Å². The summed E-state index contributed by atoms with van der Waals surface area (Å²) in [7, 11) is 1.41. The first kappa shape index (κ1) is 12.2. The second-order valence-electron chi connectivity index (χ2n) is 4.06. The van der Waals surface area contributed by atoms with Gasteiger partial charge in [0, 0.05) is 13.1 Å². The summed E-state index contributed by atoms with van der Waals surface area (Å²) in [4.78, 5) is 23.9. The van der Waals surface area contributed by atoms with Crippen molar-refractivity contribution in [1.82, 2.24) is 10.1 Å². The van der Waals surface area contributed by atoms with Crippen molar-refractivity contribution in [3.05, 3.63) is 17.5 Å². The van der Waals surface area contributed by atoms with Crippen molar-refractivity contribution >= 4 is 11.9 Å². The van der Waals surface area contributed by atoms with Crippen LogP contribution >= 0.6 is 0 Å². The highest BCUT2D eigenvalue weighted by atomic mass is 16.5. The third-order valence-corrected chi connectivity index (χ3v) is 2.51. The number of amides is 1. The fraction of sp³-hybridized carbons (Fsp3) is 0.500. The van der Waals surface area contributed by atoms with Gasteiger partial charge in [0.25, 0.3) is 5.91 Å². The van der Waals surface area contributed by atoms with Crippen molar-refractivity contribution in [3.63, 3.8) is 0 Å². The highest BCUT2D eigenvalue weighted by molar-refractivity contribution is 5.95.